The quantitative estimate of drug-likeness (QED) is 0.835. The van der Waals surface area contributed by atoms with Crippen molar-refractivity contribution >= 4 is 28.0 Å². The maximum Gasteiger partial charge on any atom is 0.163 e. The molecule has 1 unspecified atom stereocenters. The number of benzene rings is 1. The second kappa shape index (κ2) is 6.18. The van der Waals surface area contributed by atoms with Crippen molar-refractivity contribution in [2.45, 2.75) is 62.2 Å². The Morgan fingerprint density at radius 2 is 1.76 bits per heavy atom. The zero-order valence-electron chi connectivity index (χ0n) is 14.4. The lowest BCUT2D eigenvalue weighted by atomic mass is 9.99. The van der Waals surface area contributed by atoms with Crippen LogP contribution in [0, 0.1) is 5.82 Å². The van der Waals surface area contributed by atoms with Gasteiger partial charge in [0.05, 0.1) is 11.3 Å². The average Bonchev–Trinajstić information content (AvgIpc) is 3.24. The van der Waals surface area contributed by atoms with Gasteiger partial charge in [-0.05, 0) is 74.6 Å². The fourth-order valence-corrected chi connectivity index (χ4v) is 6.19. The van der Waals surface area contributed by atoms with Gasteiger partial charge in [0, 0.05) is 10.9 Å². The smallest absolute Gasteiger partial charge is 0.163 e. The van der Waals surface area contributed by atoms with Crippen LogP contribution in [0.25, 0.3) is 0 Å². The van der Waals surface area contributed by atoms with Crippen LogP contribution in [0.15, 0.2) is 15.7 Å². The highest BCUT2D eigenvalue weighted by Gasteiger charge is 2.29. The third-order valence-electron chi connectivity index (χ3n) is 5.19. The maximum absolute atomic E-state index is 14.6. The van der Waals surface area contributed by atoms with E-state index in [0.29, 0.717) is 0 Å². The number of halogens is 1. The zero-order chi connectivity index (χ0) is 17.8. The molecule has 25 heavy (non-hydrogen) atoms. The lowest BCUT2D eigenvalue weighted by molar-refractivity contribution is 0.0748. The summed E-state index contributed by atoms with van der Waals surface area (Å²) in [6.45, 7) is 3.07. The van der Waals surface area contributed by atoms with Gasteiger partial charge in [-0.15, -0.1) is 11.3 Å². The highest BCUT2D eigenvalue weighted by molar-refractivity contribution is 7.88. The third kappa shape index (κ3) is 2.94. The van der Waals surface area contributed by atoms with Crippen LogP contribution in [0.1, 0.15) is 54.5 Å². The molecule has 1 atom stereocenters. The molecule has 2 N–H and O–H groups in total. The van der Waals surface area contributed by atoms with Gasteiger partial charge < -0.3 is 5.11 Å². The lowest BCUT2D eigenvalue weighted by Crippen LogP contribution is -2.17. The summed E-state index contributed by atoms with van der Waals surface area (Å²) in [4.78, 5) is 0. The normalized spacial score (nSPS) is 17.4. The number of hydrogen-bond donors (Lipinski definition) is 2. The Morgan fingerprint density at radius 1 is 1.16 bits per heavy atom. The minimum atomic E-state index is -1.66. The van der Waals surface area contributed by atoms with Gasteiger partial charge in [-0.1, -0.05) is 6.07 Å². The van der Waals surface area contributed by atoms with E-state index in [9.17, 15) is 13.7 Å². The monoisotopic (exact) mass is 379 g/mol. The number of fused-ring (bicyclic) bond motifs is 2. The highest BCUT2D eigenvalue weighted by Crippen LogP contribution is 2.40. The first-order valence-electron chi connectivity index (χ1n) is 8.71. The van der Waals surface area contributed by atoms with Crippen LogP contribution < -0.4 is 4.72 Å². The molecule has 4 rings (SSSR count). The minimum Gasteiger partial charge on any atom is -0.386 e. The molecule has 0 amide bonds. The van der Waals surface area contributed by atoms with Crippen molar-refractivity contribution in [3.8, 4) is 0 Å². The summed E-state index contributed by atoms with van der Waals surface area (Å²) in [5.74, 6) is -0.562. The van der Waals surface area contributed by atoms with Crippen LogP contribution in [0.4, 0.5) is 10.1 Å². The maximum atomic E-state index is 14.6. The van der Waals surface area contributed by atoms with E-state index in [1.165, 1.54) is 36.1 Å². The Morgan fingerprint density at radius 3 is 2.28 bits per heavy atom. The van der Waals surface area contributed by atoms with Gasteiger partial charge in [-0.2, -0.15) is 0 Å². The van der Waals surface area contributed by atoms with E-state index in [-0.39, 0.29) is 9.77 Å². The first kappa shape index (κ1) is 17.2. The molecule has 2 aromatic rings. The van der Waals surface area contributed by atoms with Gasteiger partial charge in [0.2, 0.25) is 0 Å². The molecule has 0 aliphatic heterocycles. The molecule has 0 spiro atoms. The zero-order valence-corrected chi connectivity index (χ0v) is 16.1. The fraction of sp³-hybridized carbons (Fsp3) is 0.474. The summed E-state index contributed by atoms with van der Waals surface area (Å²) in [6, 6.07) is 2.32. The lowest BCUT2D eigenvalue weighted by Gasteiger charge is -2.17. The summed E-state index contributed by atoms with van der Waals surface area (Å²) in [5, 5.41) is 11.6. The number of aryl methyl sites for hydroxylation is 2. The Labute approximate surface area is 153 Å². The Hall–Kier alpha value is -1.24. The van der Waals surface area contributed by atoms with Gasteiger partial charge in [0.15, 0.2) is 16.8 Å². The fourth-order valence-electron chi connectivity index (χ4n) is 3.94. The molecule has 1 aromatic carbocycles. The van der Waals surface area contributed by atoms with E-state index < -0.39 is 22.4 Å². The van der Waals surface area contributed by atoms with Crippen molar-refractivity contribution in [2.24, 2.45) is 0 Å². The van der Waals surface area contributed by atoms with E-state index in [1.807, 2.05) is 0 Å². The molecule has 0 bridgehead atoms. The summed E-state index contributed by atoms with van der Waals surface area (Å²) >= 11 is 1.10. The predicted molar refractivity (Wildman–Crippen MR) is 100 cm³/mol. The molecule has 0 saturated carbocycles. The largest absolute Gasteiger partial charge is 0.386 e. The third-order valence-corrected chi connectivity index (χ3v) is 7.59. The van der Waals surface area contributed by atoms with Gasteiger partial charge in [0.25, 0.3) is 0 Å². The number of nitrogens with one attached hydrogen (secondary N) is 1. The Bertz CT molecular complexity index is 835. The number of anilines is 1. The molecule has 0 saturated heterocycles. The first-order chi connectivity index (χ1) is 11.9. The Balaban J connectivity index is 1.70. The van der Waals surface area contributed by atoms with Gasteiger partial charge >= 0.3 is 0 Å². The molecule has 0 fully saturated rings. The van der Waals surface area contributed by atoms with Crippen LogP contribution in [-0.2, 0) is 42.3 Å². The predicted octanol–water partition coefficient (Wildman–Crippen LogP) is 4.23. The molecule has 6 heteroatoms. The van der Waals surface area contributed by atoms with E-state index in [2.05, 4.69) is 10.8 Å². The van der Waals surface area contributed by atoms with Crippen molar-refractivity contribution in [3.05, 3.63) is 45.1 Å². The average molecular weight is 380 g/mol. The summed E-state index contributed by atoms with van der Waals surface area (Å²) < 4.78 is 30.8. The molecule has 2 aliphatic carbocycles. The van der Waals surface area contributed by atoms with Crippen LogP contribution in [0.3, 0.4) is 0 Å². The van der Waals surface area contributed by atoms with Crippen molar-refractivity contribution in [2.75, 3.05) is 4.72 Å². The summed E-state index contributed by atoms with van der Waals surface area (Å²) in [5.41, 5.74) is 5.11. The molecular weight excluding hydrogens is 357 g/mol. The summed E-state index contributed by atoms with van der Waals surface area (Å²) in [6.07, 6.45) is 6.36. The molecular formula is C19H22FNO2S2. The van der Waals surface area contributed by atoms with E-state index >= 15 is 0 Å². The van der Waals surface area contributed by atoms with Crippen LogP contribution >= 0.6 is 11.3 Å². The Kier molecular flexibility index (Phi) is 4.25. The van der Waals surface area contributed by atoms with Gasteiger partial charge in [-0.25, -0.2) is 8.60 Å². The SMILES string of the molecule is CC(C)(O)c1csc(S(=O)Nc2c3c(cc4c2CCC4)CCC3)c1F. The second-order valence-corrected chi connectivity index (χ2v) is 9.70. The molecule has 3 nitrogen and oxygen atoms in total. The van der Waals surface area contributed by atoms with Crippen LogP contribution in [0.5, 0.6) is 0 Å². The van der Waals surface area contributed by atoms with Gasteiger partial charge in [-0.3, -0.25) is 4.72 Å². The molecule has 134 valence electrons. The number of rotatable bonds is 4. The minimum absolute atomic E-state index is 0.152. The van der Waals surface area contributed by atoms with Crippen molar-refractivity contribution in [1.82, 2.24) is 0 Å². The molecule has 2 aliphatic rings. The number of thiophene rings is 1. The number of aliphatic hydroxyl groups is 1. The second-order valence-electron chi connectivity index (χ2n) is 7.41. The van der Waals surface area contributed by atoms with Crippen molar-refractivity contribution in [1.29, 1.82) is 0 Å². The van der Waals surface area contributed by atoms with E-state index in [4.69, 9.17) is 0 Å². The number of hydrogen-bond acceptors (Lipinski definition) is 3. The van der Waals surface area contributed by atoms with Gasteiger partial charge in [0.1, 0.15) is 4.21 Å². The van der Waals surface area contributed by atoms with Crippen molar-refractivity contribution in [3.63, 3.8) is 0 Å². The van der Waals surface area contributed by atoms with E-state index in [1.54, 1.807) is 5.38 Å². The van der Waals surface area contributed by atoms with Crippen LogP contribution in [-0.4, -0.2) is 9.32 Å². The molecule has 1 heterocycles. The highest BCUT2D eigenvalue weighted by atomic mass is 32.2. The van der Waals surface area contributed by atoms with E-state index in [0.717, 1.165) is 55.5 Å². The van der Waals surface area contributed by atoms with Crippen LogP contribution in [0.2, 0.25) is 0 Å². The summed E-state index contributed by atoms with van der Waals surface area (Å²) in [7, 11) is -1.66. The standard InChI is InChI=1S/C19H22FNO2S2/c1-19(2,22)15-10-24-18(16(15)20)25(23)21-17-13-7-3-5-11(13)9-12-6-4-8-14(12)17/h9-10,21-22H,3-8H2,1-2H3. The van der Waals surface area contributed by atoms with Crippen molar-refractivity contribution < 1.29 is 13.7 Å². The topological polar surface area (TPSA) is 49.3 Å². The first-order valence-corrected chi connectivity index (χ1v) is 10.7. The molecule has 0 radical (unpaired) electrons. The molecule has 1 aromatic heterocycles.